The number of aromatic amines is 2. The highest BCUT2D eigenvalue weighted by Gasteiger charge is 2.52. The van der Waals surface area contributed by atoms with Gasteiger partial charge in [-0.2, -0.15) is 0 Å². The molecule has 4 aromatic rings. The minimum atomic E-state index is -1.03. The maximum Gasteiger partial charge on any atom is 0.407 e. The first-order valence-electron chi connectivity index (χ1n) is 26.7. The number of hydrogen-bond acceptors (Lipinski definition) is 12. The van der Waals surface area contributed by atoms with E-state index >= 15 is 9.59 Å². The van der Waals surface area contributed by atoms with Gasteiger partial charge < -0.3 is 60.0 Å². The fourth-order valence-electron chi connectivity index (χ4n) is 12.2. The molecule has 0 radical (unpaired) electrons. The van der Waals surface area contributed by atoms with Gasteiger partial charge >= 0.3 is 12.2 Å². The van der Waals surface area contributed by atoms with Gasteiger partial charge in [0.25, 0.3) is 0 Å². The van der Waals surface area contributed by atoms with Gasteiger partial charge in [0.05, 0.1) is 97.7 Å². The Balaban J connectivity index is 1.12. The first-order valence-corrected chi connectivity index (χ1v) is 26.7. The molecule has 2 aliphatic heterocycles. The summed E-state index contributed by atoms with van der Waals surface area (Å²) in [5.41, 5.74) is 6.51. The third-order valence-corrected chi connectivity index (χ3v) is 16.0. The molecule has 4 heterocycles. The first-order chi connectivity index (χ1) is 36.3. The summed E-state index contributed by atoms with van der Waals surface area (Å²) in [6, 6.07) is 8.12. The van der Waals surface area contributed by atoms with Crippen LogP contribution >= 0.6 is 0 Å². The van der Waals surface area contributed by atoms with Crippen molar-refractivity contribution in [3.8, 4) is 58.3 Å². The number of nitrogens with one attached hydrogen (secondary N) is 6. The topological polar surface area (TPSA) is 217 Å². The summed E-state index contributed by atoms with van der Waals surface area (Å²) in [5, 5.41) is 12.5. The lowest BCUT2D eigenvalue weighted by Gasteiger charge is -2.48. The molecule has 408 valence electrons. The molecule has 18 heteroatoms. The summed E-state index contributed by atoms with van der Waals surface area (Å²) in [4.78, 5) is 75.8. The van der Waals surface area contributed by atoms with Gasteiger partial charge in [-0.3, -0.25) is 9.59 Å². The van der Waals surface area contributed by atoms with Gasteiger partial charge in [0.2, 0.25) is 11.8 Å². The Labute approximate surface area is 448 Å². The number of amides is 4. The number of carbonyl (C=O) groups is 4. The van der Waals surface area contributed by atoms with Crippen LogP contribution in [-0.2, 0) is 41.4 Å². The maximum atomic E-state index is 15.1. The number of carbonyl (C=O) groups excluding carboxylic acids is 4. The highest BCUT2D eigenvalue weighted by atomic mass is 16.5. The van der Waals surface area contributed by atoms with E-state index in [1.165, 1.54) is 25.3 Å². The van der Waals surface area contributed by atoms with Crippen LogP contribution in [-0.4, -0.2) is 142 Å². The Morgan fingerprint density at radius 2 is 1.04 bits per heavy atom. The number of rotatable bonds is 19. The van der Waals surface area contributed by atoms with E-state index in [0.29, 0.717) is 50.2 Å². The Morgan fingerprint density at radius 1 is 0.658 bits per heavy atom. The molecule has 1 aliphatic carbocycles. The van der Waals surface area contributed by atoms with E-state index in [1.54, 1.807) is 30.1 Å². The summed E-state index contributed by atoms with van der Waals surface area (Å²) < 4.78 is 22.2. The molecule has 6 N–H and O–H groups in total. The van der Waals surface area contributed by atoms with Crippen LogP contribution in [0.2, 0.25) is 0 Å². The quantitative estimate of drug-likeness (QED) is 0.0508. The third-order valence-electron chi connectivity index (χ3n) is 16.0. The van der Waals surface area contributed by atoms with Crippen molar-refractivity contribution in [3.63, 3.8) is 0 Å². The van der Waals surface area contributed by atoms with Crippen LogP contribution in [0, 0.1) is 24.7 Å². The van der Waals surface area contributed by atoms with Crippen molar-refractivity contribution in [2.45, 2.75) is 179 Å². The average molecular weight is 1040 g/mol. The van der Waals surface area contributed by atoms with E-state index in [1.807, 2.05) is 61.6 Å². The molecule has 2 aromatic heterocycles. The molecule has 2 fully saturated rings. The fraction of sp³-hybridized carbons (Fsp3) is 0.552. The summed E-state index contributed by atoms with van der Waals surface area (Å²) in [7, 11) is 6.15. The predicted molar refractivity (Wildman–Crippen MR) is 292 cm³/mol. The van der Waals surface area contributed by atoms with Gasteiger partial charge in [-0.25, -0.2) is 19.6 Å². The van der Waals surface area contributed by atoms with Crippen LogP contribution in [0.3, 0.4) is 0 Å². The largest absolute Gasteiger partial charge is 0.453 e. The van der Waals surface area contributed by atoms with Crippen molar-refractivity contribution in [1.82, 2.24) is 51.0 Å². The molecule has 7 rings (SSSR count). The zero-order chi connectivity index (χ0) is 55.2. The zero-order valence-corrected chi connectivity index (χ0v) is 46.3. The molecule has 10 unspecified atom stereocenters. The zero-order valence-electron chi connectivity index (χ0n) is 46.3. The molecule has 2 saturated heterocycles. The monoisotopic (exact) mass is 1040 g/mol. The number of aromatic nitrogens is 4. The van der Waals surface area contributed by atoms with Crippen molar-refractivity contribution in [1.29, 1.82) is 0 Å². The number of nitrogens with zero attached hydrogens (tertiary/aromatic N) is 4. The van der Waals surface area contributed by atoms with Gasteiger partial charge in [0.1, 0.15) is 23.7 Å². The van der Waals surface area contributed by atoms with E-state index in [2.05, 4.69) is 79.5 Å². The summed E-state index contributed by atoms with van der Waals surface area (Å²) in [5.74, 6) is 6.05. The summed E-state index contributed by atoms with van der Waals surface area (Å²) >= 11 is 0. The summed E-state index contributed by atoms with van der Waals surface area (Å²) in [6.07, 6.45) is 18.3. The molecule has 76 heavy (non-hydrogen) atoms. The second-order valence-corrected chi connectivity index (χ2v) is 20.9. The fourth-order valence-corrected chi connectivity index (χ4v) is 12.2. The smallest absolute Gasteiger partial charge is 0.407 e. The Hall–Kier alpha value is -6.70. The molecule has 0 saturated carbocycles. The molecule has 2 aromatic carbocycles. The van der Waals surface area contributed by atoms with Crippen LogP contribution in [0.25, 0.3) is 33.6 Å². The number of likely N-dealkylation sites (N-methyl/N-ethyl adjacent to an activating group) is 2. The van der Waals surface area contributed by atoms with E-state index in [-0.39, 0.29) is 36.2 Å². The average Bonchev–Trinajstić information content (AvgIpc) is 4.11. The van der Waals surface area contributed by atoms with E-state index in [4.69, 9.17) is 41.8 Å². The lowest BCUT2D eigenvalue weighted by Crippen LogP contribution is -2.69. The molecule has 0 spiro atoms. The molecule has 4 amide bonds. The van der Waals surface area contributed by atoms with Crippen molar-refractivity contribution < 1.29 is 38.1 Å². The minimum absolute atomic E-state index is 0.178. The Morgan fingerprint density at radius 3 is 1.42 bits per heavy atom. The normalized spacial score (nSPS) is 24.3. The highest BCUT2D eigenvalue weighted by molar-refractivity contribution is 5.89. The minimum Gasteiger partial charge on any atom is -0.453 e. The number of H-pyrrole nitrogens is 2. The molecular weight excluding hydrogens is 965 g/mol. The number of imidazole rings is 2. The van der Waals surface area contributed by atoms with E-state index in [9.17, 15) is 9.59 Å². The molecule has 0 bridgehead atoms. The SMILES string of the molecule is C#CC(CC)N(C(=O)C(NC(=O)OC)C1(NC)CC(C)OC(C)C1)C(C)c1ncc(-c2ccc(-c3ccc(-c4cnc(C(C)N(C(=O)C(NC(=O)OC)C5(NC)CC(C)OC(C)C5)C(C#C)CC)[nH]4)c4c3CC4)cc2)[nH]1. The van der Waals surface area contributed by atoms with Gasteiger partial charge in [0, 0.05) is 5.56 Å². The van der Waals surface area contributed by atoms with E-state index in [0.717, 1.165) is 46.5 Å². The second kappa shape index (κ2) is 24.1. The lowest BCUT2D eigenvalue weighted by molar-refractivity contribution is -0.144. The van der Waals surface area contributed by atoms with Crippen molar-refractivity contribution in [2.75, 3.05) is 28.3 Å². The van der Waals surface area contributed by atoms with Crippen molar-refractivity contribution in [2.24, 2.45) is 0 Å². The predicted octanol–water partition coefficient (Wildman–Crippen LogP) is 7.38. The van der Waals surface area contributed by atoms with Crippen molar-refractivity contribution >= 4 is 24.0 Å². The number of alkyl carbamates (subject to hydrolysis) is 2. The Kier molecular flexibility index (Phi) is 18.1. The summed E-state index contributed by atoms with van der Waals surface area (Å²) in [6.45, 7) is 15.5. The molecule has 10 atom stereocenters. The second-order valence-electron chi connectivity index (χ2n) is 20.9. The van der Waals surface area contributed by atoms with Gasteiger partial charge in [-0.1, -0.05) is 62.1 Å². The number of terminal acetylenes is 2. The van der Waals surface area contributed by atoms with Crippen LogP contribution in [0.1, 0.15) is 129 Å². The molecular formula is C58H78N10O8. The van der Waals surface area contributed by atoms with Gasteiger partial charge in [0.15, 0.2) is 0 Å². The maximum absolute atomic E-state index is 15.1. The number of hydrogen-bond donors (Lipinski definition) is 6. The van der Waals surface area contributed by atoms with Gasteiger partial charge in [-0.15, -0.1) is 12.8 Å². The number of fused-ring (bicyclic) bond motifs is 1. The number of benzene rings is 2. The first kappa shape index (κ1) is 57.0. The standard InChI is InChI=1S/C58H78N10O8/c1-15-41(16-2)67(53(69)49(65-55(71)73-13)57(59-11)27-33(5)75-34(6)28-57)37(9)51-61-31-47(63-51)40-21-19-39(20-22-40)43-23-26-46(45-25-24-44(43)45)48-32-62-52(64-48)38(10)68(42(17-3)18-4)54(70)50(66-56(72)74-14)58(60-12)29-35(7)76-36(8)30-58/h1,3,19-23,26,31-38,41-42,49-50,59-60H,16,18,24-25,27-30H2,2,4-14H3,(H,61,63)(H,62,64)(H,65,71)(H,66,72). The Bertz CT molecular complexity index is 2770. The highest BCUT2D eigenvalue weighted by Crippen LogP contribution is 2.42. The number of ether oxygens (including phenoxy) is 4. The number of methoxy groups -OCH3 is 2. The molecule has 18 nitrogen and oxygen atoms in total. The van der Waals surface area contributed by atoms with Crippen LogP contribution < -0.4 is 21.3 Å². The van der Waals surface area contributed by atoms with Crippen LogP contribution in [0.4, 0.5) is 9.59 Å². The lowest BCUT2D eigenvalue weighted by atomic mass is 9.77. The van der Waals surface area contributed by atoms with Crippen LogP contribution in [0.5, 0.6) is 0 Å². The van der Waals surface area contributed by atoms with Crippen LogP contribution in [0.15, 0.2) is 48.8 Å². The molecule has 3 aliphatic rings. The third kappa shape index (κ3) is 11.4. The van der Waals surface area contributed by atoms with E-state index < -0.39 is 59.5 Å². The van der Waals surface area contributed by atoms with Gasteiger partial charge in [-0.05, 0) is 135 Å². The van der Waals surface area contributed by atoms with Crippen molar-refractivity contribution in [3.05, 3.63) is 71.6 Å².